The van der Waals surface area contributed by atoms with Crippen molar-refractivity contribution in [3.05, 3.63) is 29.8 Å². The van der Waals surface area contributed by atoms with Crippen LogP contribution in [-0.4, -0.2) is 24.3 Å². The minimum Gasteiger partial charge on any atom is -0.484 e. The van der Waals surface area contributed by atoms with Gasteiger partial charge in [0.25, 0.3) is 5.91 Å². The van der Waals surface area contributed by atoms with Crippen LogP contribution >= 0.6 is 0 Å². The molecule has 1 aromatic rings. The number of carbonyl (C=O) groups is 2. The lowest BCUT2D eigenvalue weighted by Crippen LogP contribution is -2.34. The largest absolute Gasteiger partial charge is 0.484 e. The predicted octanol–water partition coefficient (Wildman–Crippen LogP) is 1.72. The molecule has 1 N–H and O–H groups in total. The normalized spacial score (nSPS) is 10.2. The first-order valence-electron chi connectivity index (χ1n) is 5.98. The van der Waals surface area contributed by atoms with Crippen molar-refractivity contribution in [2.24, 2.45) is 0 Å². The van der Waals surface area contributed by atoms with Crippen LogP contribution in [0.25, 0.3) is 0 Å². The van der Waals surface area contributed by atoms with Gasteiger partial charge in [0.2, 0.25) is 0 Å². The Morgan fingerprint density at radius 3 is 2.33 bits per heavy atom. The Labute approximate surface area is 107 Å². The van der Waals surface area contributed by atoms with Gasteiger partial charge in [-0.15, -0.1) is 0 Å². The number of ether oxygens (including phenoxy) is 1. The van der Waals surface area contributed by atoms with Gasteiger partial charge in [0, 0.05) is 12.5 Å². The summed E-state index contributed by atoms with van der Waals surface area (Å²) in [5, 5.41) is 2.74. The highest BCUT2D eigenvalue weighted by molar-refractivity contribution is 5.78. The predicted molar refractivity (Wildman–Crippen MR) is 69.6 cm³/mol. The van der Waals surface area contributed by atoms with Gasteiger partial charge in [-0.05, 0) is 38.5 Å². The number of rotatable bonds is 6. The van der Waals surface area contributed by atoms with E-state index in [4.69, 9.17) is 4.74 Å². The molecule has 1 rings (SSSR count). The lowest BCUT2D eigenvalue weighted by molar-refractivity contribution is -0.123. The summed E-state index contributed by atoms with van der Waals surface area (Å²) in [4.78, 5) is 22.3. The molecule has 1 aromatic carbocycles. The van der Waals surface area contributed by atoms with Crippen LogP contribution in [0.4, 0.5) is 0 Å². The molecule has 0 aliphatic heterocycles. The molecular weight excluding hydrogens is 230 g/mol. The molecule has 0 fully saturated rings. The van der Waals surface area contributed by atoms with Crippen LogP contribution in [0.1, 0.15) is 26.3 Å². The maximum absolute atomic E-state index is 11.4. The van der Waals surface area contributed by atoms with E-state index in [0.717, 1.165) is 5.56 Å². The molecule has 0 aliphatic carbocycles. The Morgan fingerprint density at radius 1 is 1.22 bits per heavy atom. The molecule has 0 heterocycles. The van der Waals surface area contributed by atoms with Crippen molar-refractivity contribution in [1.29, 1.82) is 0 Å². The van der Waals surface area contributed by atoms with Crippen molar-refractivity contribution in [3.63, 3.8) is 0 Å². The van der Waals surface area contributed by atoms with Gasteiger partial charge in [-0.25, -0.2) is 0 Å². The van der Waals surface area contributed by atoms with Gasteiger partial charge in [-0.3, -0.25) is 9.59 Å². The van der Waals surface area contributed by atoms with E-state index in [-0.39, 0.29) is 24.3 Å². The summed E-state index contributed by atoms with van der Waals surface area (Å²) in [5.41, 5.74) is 0.946. The molecule has 0 aliphatic rings. The number of ketones is 1. The minimum absolute atomic E-state index is 0.00420. The van der Waals surface area contributed by atoms with Gasteiger partial charge in [0.15, 0.2) is 6.61 Å². The third-order valence-electron chi connectivity index (χ3n) is 2.20. The van der Waals surface area contributed by atoms with Crippen molar-refractivity contribution in [2.75, 3.05) is 6.61 Å². The van der Waals surface area contributed by atoms with Gasteiger partial charge < -0.3 is 10.1 Å². The minimum atomic E-state index is -0.141. The van der Waals surface area contributed by atoms with Gasteiger partial charge in [-0.1, -0.05) is 12.1 Å². The highest BCUT2D eigenvalue weighted by atomic mass is 16.5. The fourth-order valence-corrected chi connectivity index (χ4v) is 1.50. The molecule has 4 heteroatoms. The average Bonchev–Trinajstić information content (AvgIpc) is 2.26. The fraction of sp³-hybridized carbons (Fsp3) is 0.429. The second-order valence-electron chi connectivity index (χ2n) is 4.53. The van der Waals surface area contributed by atoms with E-state index in [1.165, 1.54) is 0 Å². The van der Waals surface area contributed by atoms with E-state index in [0.29, 0.717) is 12.2 Å². The molecule has 0 aromatic heterocycles. The number of hydrogen-bond acceptors (Lipinski definition) is 3. The van der Waals surface area contributed by atoms with Gasteiger partial charge >= 0.3 is 0 Å². The molecule has 0 saturated carbocycles. The smallest absolute Gasteiger partial charge is 0.258 e. The van der Waals surface area contributed by atoms with Crippen molar-refractivity contribution < 1.29 is 14.3 Å². The first-order valence-corrected chi connectivity index (χ1v) is 5.98. The number of benzene rings is 1. The van der Waals surface area contributed by atoms with E-state index in [9.17, 15) is 9.59 Å². The van der Waals surface area contributed by atoms with Crippen molar-refractivity contribution in [2.45, 2.75) is 33.2 Å². The van der Waals surface area contributed by atoms with E-state index in [2.05, 4.69) is 5.32 Å². The van der Waals surface area contributed by atoms with E-state index >= 15 is 0 Å². The van der Waals surface area contributed by atoms with Crippen LogP contribution in [0.5, 0.6) is 5.75 Å². The molecule has 0 unspecified atom stereocenters. The summed E-state index contributed by atoms with van der Waals surface area (Å²) in [6.07, 6.45) is 0.425. The zero-order chi connectivity index (χ0) is 13.5. The average molecular weight is 249 g/mol. The van der Waals surface area contributed by atoms with Gasteiger partial charge in [0.05, 0.1) is 0 Å². The first kappa shape index (κ1) is 14.2. The van der Waals surface area contributed by atoms with Crippen LogP contribution < -0.4 is 10.1 Å². The van der Waals surface area contributed by atoms with Crippen LogP contribution in [-0.2, 0) is 16.0 Å². The van der Waals surface area contributed by atoms with Crippen LogP contribution in [0, 0.1) is 0 Å². The molecule has 4 nitrogen and oxygen atoms in total. The Bertz CT molecular complexity index is 410. The SMILES string of the molecule is CC(=O)Cc1ccc(OCC(=O)NC(C)C)cc1. The summed E-state index contributed by atoms with van der Waals surface area (Å²) in [6.45, 7) is 5.35. The van der Waals surface area contributed by atoms with Crippen molar-refractivity contribution in [1.82, 2.24) is 5.32 Å². The highest BCUT2D eigenvalue weighted by Gasteiger charge is 2.04. The summed E-state index contributed by atoms with van der Waals surface area (Å²) in [6, 6.07) is 7.30. The molecule has 0 saturated heterocycles. The van der Waals surface area contributed by atoms with E-state index < -0.39 is 0 Å². The van der Waals surface area contributed by atoms with Crippen LogP contribution in [0.15, 0.2) is 24.3 Å². The van der Waals surface area contributed by atoms with Crippen LogP contribution in [0.3, 0.4) is 0 Å². The number of amides is 1. The monoisotopic (exact) mass is 249 g/mol. The zero-order valence-electron chi connectivity index (χ0n) is 11.0. The lowest BCUT2D eigenvalue weighted by atomic mass is 10.1. The van der Waals surface area contributed by atoms with Crippen molar-refractivity contribution >= 4 is 11.7 Å². The molecule has 0 bridgehead atoms. The Balaban J connectivity index is 2.44. The first-order chi connectivity index (χ1) is 8.47. The Hall–Kier alpha value is -1.84. The maximum atomic E-state index is 11.4. The fourth-order valence-electron chi connectivity index (χ4n) is 1.50. The molecule has 1 amide bonds. The third kappa shape index (κ3) is 5.48. The molecule has 0 spiro atoms. The summed E-state index contributed by atoms with van der Waals surface area (Å²) in [7, 11) is 0. The van der Waals surface area contributed by atoms with Gasteiger partial charge in [0.1, 0.15) is 11.5 Å². The maximum Gasteiger partial charge on any atom is 0.258 e. The second-order valence-corrected chi connectivity index (χ2v) is 4.53. The highest BCUT2D eigenvalue weighted by Crippen LogP contribution is 2.12. The molecule has 0 radical (unpaired) electrons. The third-order valence-corrected chi connectivity index (χ3v) is 2.20. The number of Topliss-reactive ketones (excluding diaryl/α,β-unsaturated/α-hetero) is 1. The van der Waals surface area contributed by atoms with E-state index in [1.807, 2.05) is 26.0 Å². The standard InChI is InChI=1S/C14H19NO3/c1-10(2)15-14(17)9-18-13-6-4-12(5-7-13)8-11(3)16/h4-7,10H,8-9H2,1-3H3,(H,15,17). The summed E-state index contributed by atoms with van der Waals surface area (Å²) >= 11 is 0. The van der Waals surface area contributed by atoms with E-state index in [1.54, 1.807) is 19.1 Å². The summed E-state index contributed by atoms with van der Waals surface area (Å²) in [5.74, 6) is 0.610. The zero-order valence-corrected chi connectivity index (χ0v) is 11.0. The molecular formula is C14H19NO3. The molecule has 0 atom stereocenters. The Morgan fingerprint density at radius 2 is 1.83 bits per heavy atom. The topological polar surface area (TPSA) is 55.4 Å². The quantitative estimate of drug-likeness (QED) is 0.835. The lowest BCUT2D eigenvalue weighted by Gasteiger charge is -2.09. The second kappa shape index (κ2) is 6.79. The number of carbonyl (C=O) groups excluding carboxylic acids is 2. The van der Waals surface area contributed by atoms with Crippen LogP contribution in [0.2, 0.25) is 0 Å². The number of hydrogen-bond donors (Lipinski definition) is 1. The molecule has 98 valence electrons. The summed E-state index contributed by atoms with van der Waals surface area (Å²) < 4.78 is 5.33. The number of nitrogens with one attached hydrogen (secondary N) is 1. The van der Waals surface area contributed by atoms with Gasteiger partial charge in [-0.2, -0.15) is 0 Å². The Kier molecular flexibility index (Phi) is 5.36. The molecule has 18 heavy (non-hydrogen) atoms. The van der Waals surface area contributed by atoms with Crippen molar-refractivity contribution in [3.8, 4) is 5.75 Å².